The van der Waals surface area contributed by atoms with E-state index >= 15 is 0 Å². The van der Waals surface area contributed by atoms with Crippen LogP contribution in [0.15, 0.2) is 48.5 Å². The highest BCUT2D eigenvalue weighted by atomic mass is 35.5. The number of nitrogens with one attached hydrogen (secondary N) is 2. The van der Waals surface area contributed by atoms with Gasteiger partial charge in [0.15, 0.2) is 6.10 Å². The third-order valence-corrected chi connectivity index (χ3v) is 4.86. The second kappa shape index (κ2) is 8.97. The van der Waals surface area contributed by atoms with E-state index < -0.39 is 12.1 Å². The molecule has 2 N–H and O–H groups in total. The quantitative estimate of drug-likeness (QED) is 0.777. The van der Waals surface area contributed by atoms with Gasteiger partial charge < -0.3 is 20.3 Å². The topological polar surface area (TPSA) is 70.7 Å². The fourth-order valence-corrected chi connectivity index (χ4v) is 3.17. The molecule has 0 aliphatic carbocycles. The zero-order valence-corrected chi connectivity index (χ0v) is 16.7. The Labute approximate surface area is 169 Å². The summed E-state index contributed by atoms with van der Waals surface area (Å²) in [4.78, 5) is 27.2. The third kappa shape index (κ3) is 4.57. The summed E-state index contributed by atoms with van der Waals surface area (Å²) in [5.74, 6) is 0.245. The molecular formula is C21H24ClN3O3. The average molecular weight is 402 g/mol. The number of amides is 2. The van der Waals surface area contributed by atoms with Gasteiger partial charge in [-0.3, -0.25) is 9.59 Å². The maximum absolute atomic E-state index is 12.8. The Kier molecular flexibility index (Phi) is 6.41. The monoisotopic (exact) mass is 401 g/mol. The highest BCUT2D eigenvalue weighted by molar-refractivity contribution is 6.30. The van der Waals surface area contributed by atoms with Gasteiger partial charge in [0.2, 0.25) is 5.91 Å². The molecule has 1 aliphatic heterocycles. The van der Waals surface area contributed by atoms with Gasteiger partial charge in [-0.25, -0.2) is 0 Å². The molecule has 0 saturated heterocycles. The maximum Gasteiger partial charge on any atom is 0.262 e. The molecule has 2 atom stereocenters. The minimum absolute atomic E-state index is 0.174. The van der Waals surface area contributed by atoms with Crippen LogP contribution in [0.3, 0.4) is 0 Å². The molecule has 2 aromatic rings. The van der Waals surface area contributed by atoms with E-state index in [0.29, 0.717) is 29.5 Å². The van der Waals surface area contributed by atoms with Crippen molar-refractivity contribution in [2.24, 2.45) is 0 Å². The minimum Gasteiger partial charge on any atom is -0.477 e. The number of carbonyl (C=O) groups is 2. The summed E-state index contributed by atoms with van der Waals surface area (Å²) >= 11 is 5.90. The number of carbonyl (C=O) groups excluding carboxylic acids is 2. The first-order valence-corrected chi connectivity index (χ1v) is 9.74. The zero-order valence-electron chi connectivity index (χ0n) is 15.9. The number of ether oxygens (including phenoxy) is 1. The van der Waals surface area contributed by atoms with Crippen LogP contribution >= 0.6 is 11.6 Å². The predicted octanol–water partition coefficient (Wildman–Crippen LogP) is 3.46. The molecular weight excluding hydrogens is 378 g/mol. The van der Waals surface area contributed by atoms with E-state index in [1.54, 1.807) is 24.3 Å². The molecule has 0 bridgehead atoms. The Balaban J connectivity index is 1.78. The van der Waals surface area contributed by atoms with Crippen LogP contribution in [0.1, 0.15) is 20.3 Å². The summed E-state index contributed by atoms with van der Waals surface area (Å²) < 4.78 is 5.88. The van der Waals surface area contributed by atoms with E-state index in [-0.39, 0.29) is 11.8 Å². The number of rotatable bonds is 6. The lowest BCUT2D eigenvalue weighted by atomic mass is 10.1. The van der Waals surface area contributed by atoms with Gasteiger partial charge >= 0.3 is 0 Å². The molecule has 2 aromatic carbocycles. The van der Waals surface area contributed by atoms with Crippen molar-refractivity contribution < 1.29 is 14.3 Å². The van der Waals surface area contributed by atoms with Crippen molar-refractivity contribution in [3.05, 3.63) is 53.6 Å². The molecule has 0 saturated carbocycles. The van der Waals surface area contributed by atoms with E-state index in [0.717, 1.165) is 12.1 Å². The number of hydrogen-bond acceptors (Lipinski definition) is 4. The number of anilines is 2. The van der Waals surface area contributed by atoms with Crippen molar-refractivity contribution in [1.29, 1.82) is 0 Å². The Morgan fingerprint density at radius 2 is 1.93 bits per heavy atom. The second-order valence-electron chi connectivity index (χ2n) is 6.69. The molecule has 0 unspecified atom stereocenters. The van der Waals surface area contributed by atoms with Gasteiger partial charge in [-0.15, -0.1) is 0 Å². The predicted molar refractivity (Wildman–Crippen MR) is 111 cm³/mol. The van der Waals surface area contributed by atoms with Crippen LogP contribution in [-0.4, -0.2) is 37.0 Å². The summed E-state index contributed by atoms with van der Waals surface area (Å²) in [7, 11) is 0. The van der Waals surface area contributed by atoms with Crippen LogP contribution in [0.5, 0.6) is 5.75 Å². The smallest absolute Gasteiger partial charge is 0.262 e. The number of halogens is 1. The van der Waals surface area contributed by atoms with Crippen molar-refractivity contribution >= 4 is 34.8 Å². The molecule has 0 fully saturated rings. The third-order valence-electron chi connectivity index (χ3n) is 4.61. The molecule has 3 rings (SSSR count). The molecule has 1 heterocycles. The Hall–Kier alpha value is -2.73. The van der Waals surface area contributed by atoms with Crippen molar-refractivity contribution in [1.82, 2.24) is 5.32 Å². The van der Waals surface area contributed by atoms with Crippen molar-refractivity contribution in [2.45, 2.75) is 32.4 Å². The molecule has 0 radical (unpaired) electrons. The largest absolute Gasteiger partial charge is 0.477 e. The summed E-state index contributed by atoms with van der Waals surface area (Å²) in [5.41, 5.74) is 1.46. The van der Waals surface area contributed by atoms with Crippen molar-refractivity contribution in [2.75, 3.05) is 23.3 Å². The lowest BCUT2D eigenvalue weighted by molar-refractivity contribution is -0.128. The Morgan fingerprint density at radius 1 is 1.21 bits per heavy atom. The Bertz CT molecular complexity index is 841. The van der Waals surface area contributed by atoms with Crippen LogP contribution in [0.4, 0.5) is 11.4 Å². The number of nitrogens with zero attached hydrogens (tertiary/aromatic N) is 1. The molecule has 148 valence electrons. The first kappa shape index (κ1) is 20.0. The summed E-state index contributed by atoms with van der Waals surface area (Å²) in [6.45, 7) is 4.69. The zero-order chi connectivity index (χ0) is 20.1. The van der Waals surface area contributed by atoms with E-state index in [9.17, 15) is 9.59 Å². The number of fused-ring (bicyclic) bond motifs is 1. The molecule has 1 aliphatic rings. The molecule has 28 heavy (non-hydrogen) atoms. The van der Waals surface area contributed by atoms with Crippen LogP contribution in [0.25, 0.3) is 0 Å². The maximum atomic E-state index is 12.8. The molecule has 0 aromatic heterocycles. The summed E-state index contributed by atoms with van der Waals surface area (Å²) in [6.07, 6.45) is 0.172. The number of benzene rings is 2. The van der Waals surface area contributed by atoms with E-state index in [2.05, 4.69) is 10.6 Å². The van der Waals surface area contributed by atoms with Gasteiger partial charge in [-0.2, -0.15) is 0 Å². The van der Waals surface area contributed by atoms with Gasteiger partial charge in [0.05, 0.1) is 12.2 Å². The highest BCUT2D eigenvalue weighted by Crippen LogP contribution is 2.34. The first-order valence-electron chi connectivity index (χ1n) is 9.36. The van der Waals surface area contributed by atoms with E-state index in [1.807, 2.05) is 43.0 Å². The van der Waals surface area contributed by atoms with Gasteiger partial charge in [0.25, 0.3) is 5.91 Å². The minimum atomic E-state index is -0.674. The average Bonchev–Trinajstić information content (AvgIpc) is 2.72. The van der Waals surface area contributed by atoms with Gasteiger partial charge in [-0.1, -0.05) is 30.7 Å². The normalized spacial score (nSPS) is 16.5. The second-order valence-corrected chi connectivity index (χ2v) is 7.13. The molecule has 7 heteroatoms. The highest BCUT2D eigenvalue weighted by Gasteiger charge is 2.34. The van der Waals surface area contributed by atoms with Crippen LogP contribution in [-0.2, 0) is 9.59 Å². The van der Waals surface area contributed by atoms with Crippen LogP contribution in [0, 0.1) is 0 Å². The molecule has 2 amide bonds. The molecule has 6 nitrogen and oxygen atoms in total. The number of hydrogen-bond donors (Lipinski definition) is 2. The summed E-state index contributed by atoms with van der Waals surface area (Å²) in [5, 5.41) is 6.36. The lowest BCUT2D eigenvalue weighted by Gasteiger charge is -2.38. The standard InChI is InChI=1S/C21H24ClN3O3/c1-3-12-23-21(27)19-13-25(17-6-4-5-7-18(17)28-19)14(2)20(26)24-16-10-8-15(22)9-11-16/h4-11,14,19H,3,12-13H2,1-2H3,(H,23,27)(H,24,26)/t14-,19+/m0/s1. The SMILES string of the molecule is CCCNC(=O)[C@H]1CN([C@@H](C)C(=O)Nc2ccc(Cl)cc2)c2ccccc2O1. The first-order chi connectivity index (χ1) is 13.5. The fraction of sp³-hybridized carbons (Fsp3) is 0.333. The van der Waals surface area contributed by atoms with E-state index in [1.165, 1.54) is 0 Å². The lowest BCUT2D eigenvalue weighted by Crippen LogP contribution is -2.54. The molecule has 0 spiro atoms. The fourth-order valence-electron chi connectivity index (χ4n) is 3.05. The van der Waals surface area contributed by atoms with Crippen molar-refractivity contribution in [3.63, 3.8) is 0 Å². The summed E-state index contributed by atoms with van der Waals surface area (Å²) in [6, 6.07) is 13.9. The van der Waals surface area contributed by atoms with Crippen LogP contribution in [0.2, 0.25) is 5.02 Å². The van der Waals surface area contributed by atoms with Gasteiger partial charge in [0, 0.05) is 17.3 Å². The van der Waals surface area contributed by atoms with Gasteiger partial charge in [0.1, 0.15) is 11.8 Å². The van der Waals surface area contributed by atoms with Gasteiger partial charge in [-0.05, 0) is 49.7 Å². The number of para-hydroxylation sites is 2. The van der Waals surface area contributed by atoms with Crippen LogP contribution < -0.4 is 20.3 Å². The Morgan fingerprint density at radius 3 is 2.64 bits per heavy atom. The van der Waals surface area contributed by atoms with E-state index in [4.69, 9.17) is 16.3 Å². The van der Waals surface area contributed by atoms with Crippen molar-refractivity contribution in [3.8, 4) is 5.75 Å².